The summed E-state index contributed by atoms with van der Waals surface area (Å²) >= 11 is 2.93. The molecule has 0 fully saturated rings. The number of aromatic carboxylic acids is 1. The lowest BCUT2D eigenvalue weighted by Gasteiger charge is -2.02. The second-order valence-corrected chi connectivity index (χ2v) is 6.18. The summed E-state index contributed by atoms with van der Waals surface area (Å²) in [5.74, 6) is -0.375. The van der Waals surface area contributed by atoms with Gasteiger partial charge in [-0.25, -0.2) is 9.78 Å². The van der Waals surface area contributed by atoms with Gasteiger partial charge in [-0.1, -0.05) is 0 Å². The molecule has 2 aromatic heterocycles. The van der Waals surface area contributed by atoms with E-state index < -0.39 is 5.97 Å². The number of rotatable bonds is 4. The summed E-state index contributed by atoms with van der Waals surface area (Å²) < 4.78 is 1.51. The van der Waals surface area contributed by atoms with Crippen LogP contribution in [0.4, 0.5) is 0 Å². The molecule has 0 amide bonds. The Bertz CT molecular complexity index is 853. The predicted molar refractivity (Wildman–Crippen MR) is 82.3 cm³/mol. The van der Waals surface area contributed by atoms with Gasteiger partial charge >= 0.3 is 5.97 Å². The highest BCUT2D eigenvalue weighted by atomic mass is 32.2. The van der Waals surface area contributed by atoms with E-state index in [2.05, 4.69) is 4.98 Å². The predicted octanol–water partition coefficient (Wildman–Crippen LogP) is 2.75. The van der Waals surface area contributed by atoms with E-state index in [-0.39, 0.29) is 11.1 Å². The SMILES string of the molecule is O=C(O)c1ccc(SCc2cc(=O)n3ccsc3n2)cc1. The molecule has 0 atom stereocenters. The van der Waals surface area contributed by atoms with Gasteiger partial charge in [-0.15, -0.1) is 23.1 Å². The quantitative estimate of drug-likeness (QED) is 0.749. The van der Waals surface area contributed by atoms with E-state index in [1.165, 1.54) is 33.6 Å². The number of hydrogen-bond acceptors (Lipinski definition) is 5. The Hall–Kier alpha value is -2.12. The van der Waals surface area contributed by atoms with Crippen LogP contribution in [-0.2, 0) is 5.75 Å². The molecule has 0 radical (unpaired) electrons. The van der Waals surface area contributed by atoms with E-state index in [1.54, 1.807) is 30.5 Å². The smallest absolute Gasteiger partial charge is 0.335 e. The van der Waals surface area contributed by atoms with Crippen LogP contribution in [0, 0.1) is 0 Å². The van der Waals surface area contributed by atoms with E-state index in [0.29, 0.717) is 10.7 Å². The van der Waals surface area contributed by atoms with Crippen molar-refractivity contribution in [3.63, 3.8) is 0 Å². The first-order valence-electron chi connectivity index (χ1n) is 6.05. The van der Waals surface area contributed by atoms with Gasteiger partial charge in [-0.3, -0.25) is 9.20 Å². The summed E-state index contributed by atoms with van der Waals surface area (Å²) in [6.07, 6.45) is 1.71. The number of fused-ring (bicyclic) bond motifs is 1. The molecule has 2 heterocycles. The largest absolute Gasteiger partial charge is 0.478 e. The van der Waals surface area contributed by atoms with Crippen molar-refractivity contribution in [2.45, 2.75) is 10.6 Å². The molecule has 0 aliphatic rings. The normalized spacial score (nSPS) is 10.9. The zero-order valence-electron chi connectivity index (χ0n) is 10.7. The Labute approximate surface area is 127 Å². The maximum atomic E-state index is 11.8. The molecule has 5 nitrogen and oxygen atoms in total. The van der Waals surface area contributed by atoms with Crippen LogP contribution < -0.4 is 5.56 Å². The highest BCUT2D eigenvalue weighted by Gasteiger charge is 2.05. The lowest BCUT2D eigenvalue weighted by atomic mass is 10.2. The van der Waals surface area contributed by atoms with Crippen molar-refractivity contribution < 1.29 is 9.90 Å². The summed E-state index contributed by atoms with van der Waals surface area (Å²) in [5, 5.41) is 10.7. The Balaban J connectivity index is 1.76. The first-order valence-corrected chi connectivity index (χ1v) is 7.92. The van der Waals surface area contributed by atoms with Gasteiger partial charge in [-0.2, -0.15) is 0 Å². The molecule has 0 saturated carbocycles. The lowest BCUT2D eigenvalue weighted by molar-refractivity contribution is 0.0697. The molecule has 0 saturated heterocycles. The third kappa shape index (κ3) is 2.98. The maximum absolute atomic E-state index is 11.8. The van der Waals surface area contributed by atoms with Crippen molar-refractivity contribution in [2.24, 2.45) is 0 Å². The van der Waals surface area contributed by atoms with Gasteiger partial charge < -0.3 is 5.11 Å². The zero-order chi connectivity index (χ0) is 14.8. The number of carboxylic acid groups (broad SMARTS) is 1. The summed E-state index contributed by atoms with van der Waals surface area (Å²) in [6.45, 7) is 0. The highest BCUT2D eigenvalue weighted by Crippen LogP contribution is 2.22. The first kappa shape index (κ1) is 13.8. The van der Waals surface area contributed by atoms with E-state index >= 15 is 0 Å². The fourth-order valence-electron chi connectivity index (χ4n) is 1.81. The second kappa shape index (κ2) is 5.71. The van der Waals surface area contributed by atoms with E-state index in [1.807, 2.05) is 5.38 Å². The van der Waals surface area contributed by atoms with Crippen molar-refractivity contribution in [1.82, 2.24) is 9.38 Å². The topological polar surface area (TPSA) is 71.7 Å². The molecule has 21 heavy (non-hydrogen) atoms. The first-order chi connectivity index (χ1) is 10.1. The van der Waals surface area contributed by atoms with Crippen LogP contribution >= 0.6 is 23.1 Å². The van der Waals surface area contributed by atoms with Gasteiger partial charge in [0.25, 0.3) is 5.56 Å². The minimum Gasteiger partial charge on any atom is -0.478 e. The molecule has 0 unspecified atom stereocenters. The zero-order valence-corrected chi connectivity index (χ0v) is 12.4. The van der Waals surface area contributed by atoms with Crippen LogP contribution in [0.15, 0.2) is 51.6 Å². The average molecular weight is 318 g/mol. The van der Waals surface area contributed by atoms with Crippen molar-refractivity contribution in [3.05, 3.63) is 63.5 Å². The minimum absolute atomic E-state index is 0.0851. The van der Waals surface area contributed by atoms with Gasteiger partial charge in [0.1, 0.15) is 0 Å². The molecule has 7 heteroatoms. The third-order valence-electron chi connectivity index (χ3n) is 2.84. The fraction of sp³-hybridized carbons (Fsp3) is 0.0714. The van der Waals surface area contributed by atoms with E-state index in [4.69, 9.17) is 5.11 Å². The molecule has 3 rings (SSSR count). The molecular formula is C14H10N2O3S2. The van der Waals surface area contributed by atoms with Crippen molar-refractivity contribution in [2.75, 3.05) is 0 Å². The number of thiazole rings is 1. The highest BCUT2D eigenvalue weighted by molar-refractivity contribution is 7.98. The number of benzene rings is 1. The van der Waals surface area contributed by atoms with Gasteiger partial charge in [-0.05, 0) is 24.3 Å². The van der Waals surface area contributed by atoms with E-state index in [0.717, 1.165) is 10.6 Å². The van der Waals surface area contributed by atoms with Gasteiger partial charge in [0.05, 0.1) is 11.3 Å². The number of carboxylic acids is 1. The van der Waals surface area contributed by atoms with Gasteiger partial charge in [0.15, 0.2) is 4.96 Å². The van der Waals surface area contributed by atoms with Gasteiger partial charge in [0, 0.05) is 28.3 Å². The van der Waals surface area contributed by atoms with Crippen LogP contribution in [-0.4, -0.2) is 20.5 Å². The lowest BCUT2D eigenvalue weighted by Crippen LogP contribution is -2.12. The Kier molecular flexibility index (Phi) is 3.76. The Morgan fingerprint density at radius 3 is 2.81 bits per heavy atom. The summed E-state index contributed by atoms with van der Waals surface area (Å²) in [7, 11) is 0. The second-order valence-electron chi connectivity index (χ2n) is 4.26. The molecule has 1 aromatic carbocycles. The van der Waals surface area contributed by atoms with Crippen LogP contribution in [0.5, 0.6) is 0 Å². The molecular weight excluding hydrogens is 308 g/mol. The summed E-state index contributed by atoms with van der Waals surface area (Å²) in [5.41, 5.74) is 0.892. The van der Waals surface area contributed by atoms with E-state index in [9.17, 15) is 9.59 Å². The number of hydrogen-bond donors (Lipinski definition) is 1. The standard InChI is InChI=1S/C14H10N2O3S2/c17-12-7-10(15-14-16(12)5-6-20-14)8-21-11-3-1-9(2-4-11)13(18)19/h1-7H,8H2,(H,18,19). The monoisotopic (exact) mass is 318 g/mol. The summed E-state index contributed by atoms with van der Waals surface area (Å²) in [6, 6.07) is 8.17. The van der Waals surface area contributed by atoms with Crippen LogP contribution in [0.2, 0.25) is 0 Å². The molecule has 0 spiro atoms. The van der Waals surface area contributed by atoms with Crippen LogP contribution in [0.1, 0.15) is 16.1 Å². The van der Waals surface area contributed by atoms with Gasteiger partial charge in [0.2, 0.25) is 0 Å². The summed E-state index contributed by atoms with van der Waals surface area (Å²) in [4.78, 5) is 28.7. The molecule has 0 aliphatic carbocycles. The number of nitrogens with zero attached hydrogens (tertiary/aromatic N) is 2. The number of carbonyl (C=O) groups is 1. The fourth-order valence-corrected chi connectivity index (χ4v) is 3.34. The Morgan fingerprint density at radius 1 is 1.33 bits per heavy atom. The number of aromatic nitrogens is 2. The molecule has 3 aromatic rings. The molecule has 0 aliphatic heterocycles. The van der Waals surface area contributed by atoms with Crippen molar-refractivity contribution in [1.29, 1.82) is 0 Å². The average Bonchev–Trinajstić information content (AvgIpc) is 2.94. The van der Waals surface area contributed by atoms with Crippen LogP contribution in [0.25, 0.3) is 4.96 Å². The molecule has 0 bridgehead atoms. The molecule has 106 valence electrons. The third-order valence-corrected chi connectivity index (χ3v) is 4.65. The minimum atomic E-state index is -0.940. The van der Waals surface area contributed by atoms with Crippen molar-refractivity contribution >= 4 is 34.0 Å². The molecule has 1 N–H and O–H groups in total. The van der Waals surface area contributed by atoms with Crippen molar-refractivity contribution in [3.8, 4) is 0 Å². The maximum Gasteiger partial charge on any atom is 0.335 e. The Morgan fingerprint density at radius 2 is 2.10 bits per heavy atom. The number of thioether (sulfide) groups is 1. The van der Waals surface area contributed by atoms with Crippen LogP contribution in [0.3, 0.4) is 0 Å².